The van der Waals surface area contributed by atoms with Gasteiger partial charge in [0.05, 0.1) is 24.3 Å². The average molecular weight is 397 g/mol. The molecular formula is C18H30F2N4Si2. The van der Waals surface area contributed by atoms with Crippen molar-refractivity contribution in [1.29, 1.82) is 21.0 Å². The maximum Gasteiger partial charge on any atom is 0.425 e. The van der Waals surface area contributed by atoms with Crippen LogP contribution in [-0.4, -0.2) is 16.8 Å². The fourth-order valence-electron chi connectivity index (χ4n) is 2.39. The molecular weight excluding hydrogens is 366 g/mol. The highest BCUT2D eigenvalue weighted by Gasteiger charge is 2.33. The molecule has 0 aromatic heterocycles. The lowest BCUT2D eigenvalue weighted by atomic mass is 10.4. The first-order valence-electron chi connectivity index (χ1n) is 9.10. The summed E-state index contributed by atoms with van der Waals surface area (Å²) in [6, 6.07) is 10.3. The van der Waals surface area contributed by atoms with Gasteiger partial charge >= 0.3 is 8.74 Å². The van der Waals surface area contributed by atoms with E-state index in [0.717, 1.165) is 12.8 Å². The molecule has 0 aliphatic carbocycles. The van der Waals surface area contributed by atoms with E-state index in [9.17, 15) is 8.22 Å². The van der Waals surface area contributed by atoms with Gasteiger partial charge in [0.25, 0.3) is 0 Å². The van der Waals surface area contributed by atoms with Crippen LogP contribution in [0.4, 0.5) is 8.22 Å². The van der Waals surface area contributed by atoms with Crippen molar-refractivity contribution in [3.63, 3.8) is 0 Å². The molecule has 0 rings (SSSR count). The van der Waals surface area contributed by atoms with Crippen LogP contribution >= 0.6 is 0 Å². The number of rotatable bonds is 12. The van der Waals surface area contributed by atoms with Crippen molar-refractivity contribution in [3.05, 3.63) is 0 Å². The van der Waals surface area contributed by atoms with Crippen LogP contribution in [0.1, 0.15) is 51.4 Å². The summed E-state index contributed by atoms with van der Waals surface area (Å²) < 4.78 is 26.0. The van der Waals surface area contributed by atoms with Gasteiger partial charge in [0.15, 0.2) is 0 Å². The SMILES string of the molecule is C[Si](C)(CCCC#N)CCCC#N.N#CCCC[Si](F)(F)CCCC#N. The van der Waals surface area contributed by atoms with Crippen molar-refractivity contribution in [2.45, 2.75) is 88.6 Å². The van der Waals surface area contributed by atoms with Gasteiger partial charge in [-0.15, -0.1) is 0 Å². The van der Waals surface area contributed by atoms with Crippen molar-refractivity contribution < 1.29 is 8.22 Å². The van der Waals surface area contributed by atoms with Crippen LogP contribution < -0.4 is 0 Å². The molecule has 0 saturated carbocycles. The Bertz CT molecular complexity index is 433. The Morgan fingerprint density at radius 3 is 1.12 bits per heavy atom. The van der Waals surface area contributed by atoms with E-state index in [4.69, 9.17) is 21.0 Å². The quantitative estimate of drug-likeness (QED) is 0.220. The van der Waals surface area contributed by atoms with Gasteiger partial charge in [-0.3, -0.25) is 8.22 Å². The van der Waals surface area contributed by atoms with Crippen LogP contribution in [-0.2, 0) is 0 Å². The molecule has 4 nitrogen and oxygen atoms in total. The number of unbranched alkanes of at least 4 members (excludes halogenated alkanes) is 4. The monoisotopic (exact) mass is 396 g/mol. The summed E-state index contributed by atoms with van der Waals surface area (Å²) in [5.41, 5.74) is 0. The Kier molecular flexibility index (Phi) is 17.0. The van der Waals surface area contributed by atoms with Crippen LogP contribution in [0.25, 0.3) is 0 Å². The maximum absolute atomic E-state index is 13.0. The Morgan fingerprint density at radius 2 is 0.846 bits per heavy atom. The second-order valence-electron chi connectivity index (χ2n) is 7.07. The zero-order valence-corrected chi connectivity index (χ0v) is 18.0. The largest absolute Gasteiger partial charge is 0.425 e. The van der Waals surface area contributed by atoms with Gasteiger partial charge in [0.1, 0.15) is 0 Å². The zero-order chi connectivity index (χ0) is 20.3. The van der Waals surface area contributed by atoms with Crippen molar-refractivity contribution in [2.75, 3.05) is 0 Å². The Labute approximate surface area is 159 Å². The topological polar surface area (TPSA) is 95.2 Å². The van der Waals surface area contributed by atoms with Gasteiger partial charge in [0.2, 0.25) is 0 Å². The fraction of sp³-hybridized carbons (Fsp3) is 0.778. The Morgan fingerprint density at radius 1 is 0.577 bits per heavy atom. The molecule has 8 heteroatoms. The van der Waals surface area contributed by atoms with Crippen molar-refractivity contribution >= 4 is 16.8 Å². The van der Waals surface area contributed by atoms with Crippen molar-refractivity contribution in [2.24, 2.45) is 0 Å². The van der Waals surface area contributed by atoms with Crippen molar-refractivity contribution in [3.8, 4) is 24.3 Å². The maximum atomic E-state index is 13.0. The molecule has 0 spiro atoms. The molecule has 144 valence electrons. The smallest absolute Gasteiger partial charge is 0.270 e. The Hall–Kier alpha value is -1.75. The lowest BCUT2D eigenvalue weighted by Gasteiger charge is -2.20. The molecule has 0 aliphatic heterocycles. The molecule has 0 aromatic carbocycles. The van der Waals surface area contributed by atoms with Crippen LogP contribution in [0.5, 0.6) is 0 Å². The summed E-state index contributed by atoms with van der Waals surface area (Å²) in [7, 11) is -5.16. The van der Waals surface area contributed by atoms with Crippen LogP contribution in [0.15, 0.2) is 0 Å². The standard InChI is InChI=1S/C10H18N2Si.C8H12F2N2Si/c1-13(2,9-5-3-7-11)10-6-4-8-12;9-13(10,7-3-1-5-11)8-4-2-6-12/h3-6,9-10H2,1-2H3;1-4,7-8H2. The zero-order valence-electron chi connectivity index (χ0n) is 16.0. The summed E-state index contributed by atoms with van der Waals surface area (Å²) in [6.07, 6.45) is 4.47. The number of hydrogen-bond donors (Lipinski definition) is 0. The van der Waals surface area contributed by atoms with E-state index in [1.54, 1.807) is 0 Å². The summed E-state index contributed by atoms with van der Waals surface area (Å²) in [6.45, 7) is 4.70. The normalized spacial score (nSPS) is 10.5. The molecule has 0 saturated heterocycles. The highest BCUT2D eigenvalue weighted by Crippen LogP contribution is 2.24. The first-order chi connectivity index (χ1) is 12.2. The summed E-state index contributed by atoms with van der Waals surface area (Å²) in [4.78, 5) is 0. The van der Waals surface area contributed by atoms with E-state index < -0.39 is 16.8 Å². The third-order valence-electron chi connectivity index (χ3n) is 3.95. The molecule has 26 heavy (non-hydrogen) atoms. The molecule has 0 unspecified atom stereocenters. The van der Waals surface area contributed by atoms with Gasteiger partial charge in [-0.1, -0.05) is 25.2 Å². The molecule has 0 bridgehead atoms. The van der Waals surface area contributed by atoms with E-state index in [1.165, 1.54) is 12.1 Å². The highest BCUT2D eigenvalue weighted by molar-refractivity contribution is 6.77. The molecule has 0 radical (unpaired) electrons. The first kappa shape index (κ1) is 26.5. The average Bonchev–Trinajstić information content (AvgIpc) is 2.56. The fourth-order valence-corrected chi connectivity index (χ4v) is 6.55. The molecule has 0 aromatic rings. The molecule has 0 amide bonds. The lowest BCUT2D eigenvalue weighted by molar-refractivity contribution is 0.571. The minimum atomic E-state index is -4.08. The molecule has 0 atom stereocenters. The second kappa shape index (κ2) is 16.7. The van der Waals surface area contributed by atoms with E-state index >= 15 is 0 Å². The predicted molar refractivity (Wildman–Crippen MR) is 104 cm³/mol. The van der Waals surface area contributed by atoms with Crippen molar-refractivity contribution in [1.82, 2.24) is 0 Å². The third-order valence-corrected chi connectivity index (χ3v) is 9.53. The lowest BCUT2D eigenvalue weighted by Crippen LogP contribution is -2.24. The molecule has 0 N–H and O–H groups in total. The first-order valence-corrected chi connectivity index (χ1v) is 14.7. The minimum Gasteiger partial charge on any atom is -0.270 e. The van der Waals surface area contributed by atoms with E-state index in [0.29, 0.717) is 25.7 Å². The molecule has 0 heterocycles. The highest BCUT2D eigenvalue weighted by atomic mass is 28.4. The summed E-state index contributed by atoms with van der Waals surface area (Å²) in [5.74, 6) is 0. The summed E-state index contributed by atoms with van der Waals surface area (Å²) >= 11 is 0. The number of nitrogens with zero attached hydrogens (tertiary/aromatic N) is 4. The van der Waals surface area contributed by atoms with Gasteiger partial charge in [-0.05, 0) is 37.8 Å². The van der Waals surface area contributed by atoms with Gasteiger partial charge in [-0.25, -0.2) is 0 Å². The van der Waals surface area contributed by atoms with Gasteiger partial charge in [-0.2, -0.15) is 21.0 Å². The summed E-state index contributed by atoms with van der Waals surface area (Å²) in [5, 5.41) is 33.1. The number of hydrogen-bond acceptors (Lipinski definition) is 4. The Balaban J connectivity index is 0. The molecule has 0 aliphatic rings. The number of nitriles is 4. The minimum absolute atomic E-state index is 0.105. The van der Waals surface area contributed by atoms with Crippen LogP contribution in [0.3, 0.4) is 0 Å². The molecule has 0 fully saturated rings. The van der Waals surface area contributed by atoms with Gasteiger partial charge < -0.3 is 0 Å². The van der Waals surface area contributed by atoms with Crippen LogP contribution in [0.2, 0.25) is 37.3 Å². The van der Waals surface area contributed by atoms with Crippen LogP contribution in [0, 0.1) is 45.3 Å². The van der Waals surface area contributed by atoms with E-state index in [1.807, 2.05) is 12.1 Å². The van der Waals surface area contributed by atoms with E-state index in [-0.39, 0.29) is 24.9 Å². The van der Waals surface area contributed by atoms with E-state index in [2.05, 4.69) is 25.2 Å². The van der Waals surface area contributed by atoms with Gasteiger partial charge in [0, 0.05) is 33.8 Å². The predicted octanol–water partition coefficient (Wildman–Crippen LogP) is 6.28. The second-order valence-corrected chi connectivity index (χ2v) is 15.1. The number of halogens is 2. The third kappa shape index (κ3) is 20.3.